The zero-order chi connectivity index (χ0) is 15.6. The van der Waals surface area contributed by atoms with E-state index >= 15 is 0 Å². The molecule has 1 atom stereocenters. The molecule has 2 nitrogen and oxygen atoms in total. The van der Waals surface area contributed by atoms with Gasteiger partial charge in [-0.1, -0.05) is 37.6 Å². The van der Waals surface area contributed by atoms with Gasteiger partial charge in [0.05, 0.1) is 5.88 Å². The normalized spacial score (nSPS) is 12.9. The molecule has 114 valence electrons. The van der Waals surface area contributed by atoms with E-state index in [1.54, 1.807) is 0 Å². The van der Waals surface area contributed by atoms with E-state index in [0.29, 0.717) is 5.92 Å². The van der Waals surface area contributed by atoms with Gasteiger partial charge in [-0.3, -0.25) is 0 Å². The highest BCUT2D eigenvalue weighted by molar-refractivity contribution is 6.18. The van der Waals surface area contributed by atoms with E-state index in [2.05, 4.69) is 52.0 Å². The first-order valence-electron chi connectivity index (χ1n) is 7.34. The Hall–Kier alpha value is -1.25. The van der Waals surface area contributed by atoms with Crippen LogP contribution in [0.25, 0.3) is 10.8 Å². The van der Waals surface area contributed by atoms with E-state index in [-0.39, 0.29) is 12.5 Å². The Morgan fingerprint density at radius 2 is 1.86 bits per heavy atom. The number of rotatable bonds is 5. The Labute approximate surface area is 131 Å². The standard InChI is InChI=1S/C18H23ClO2/c1-11(2)18-16-7-12(3)5-6-15(16)13(4)8-17(18)21-10-14(20)9-19/h5-8,11,14,20H,9-10H2,1-4H3. The summed E-state index contributed by atoms with van der Waals surface area (Å²) in [5.41, 5.74) is 3.62. The number of ether oxygens (including phenoxy) is 1. The fourth-order valence-electron chi connectivity index (χ4n) is 2.66. The molecule has 0 amide bonds. The number of aliphatic hydroxyl groups excluding tert-OH is 1. The first-order valence-corrected chi connectivity index (χ1v) is 7.88. The van der Waals surface area contributed by atoms with Crippen molar-refractivity contribution in [3.63, 3.8) is 0 Å². The summed E-state index contributed by atoms with van der Waals surface area (Å²) in [6.45, 7) is 8.74. The molecule has 0 aromatic heterocycles. The van der Waals surface area contributed by atoms with Gasteiger partial charge in [-0.05, 0) is 42.2 Å². The largest absolute Gasteiger partial charge is 0.491 e. The Bertz CT molecular complexity index is 635. The summed E-state index contributed by atoms with van der Waals surface area (Å²) in [6.07, 6.45) is -0.639. The van der Waals surface area contributed by atoms with Crippen molar-refractivity contribution >= 4 is 22.4 Å². The van der Waals surface area contributed by atoms with Crippen molar-refractivity contribution in [3.05, 3.63) is 41.0 Å². The number of benzene rings is 2. The Morgan fingerprint density at radius 3 is 2.48 bits per heavy atom. The van der Waals surface area contributed by atoms with Gasteiger partial charge in [0.25, 0.3) is 0 Å². The number of hydrogen-bond donors (Lipinski definition) is 1. The van der Waals surface area contributed by atoms with Crippen LogP contribution in [0, 0.1) is 13.8 Å². The van der Waals surface area contributed by atoms with Crippen molar-refractivity contribution in [2.45, 2.75) is 39.7 Å². The topological polar surface area (TPSA) is 29.5 Å². The quantitative estimate of drug-likeness (QED) is 0.821. The SMILES string of the molecule is Cc1ccc2c(C)cc(OCC(O)CCl)c(C(C)C)c2c1. The maximum Gasteiger partial charge on any atom is 0.123 e. The van der Waals surface area contributed by atoms with E-state index in [9.17, 15) is 5.11 Å². The lowest BCUT2D eigenvalue weighted by atomic mass is 9.91. The first kappa shape index (κ1) is 16.1. The highest BCUT2D eigenvalue weighted by atomic mass is 35.5. The summed E-state index contributed by atoms with van der Waals surface area (Å²) >= 11 is 5.64. The monoisotopic (exact) mass is 306 g/mol. The Morgan fingerprint density at radius 1 is 1.14 bits per heavy atom. The third-order valence-electron chi connectivity index (χ3n) is 3.69. The lowest BCUT2D eigenvalue weighted by molar-refractivity contribution is 0.124. The van der Waals surface area contributed by atoms with Gasteiger partial charge < -0.3 is 9.84 Å². The maximum absolute atomic E-state index is 9.62. The van der Waals surface area contributed by atoms with Gasteiger partial charge in [0.2, 0.25) is 0 Å². The molecule has 0 fully saturated rings. The van der Waals surface area contributed by atoms with E-state index in [4.69, 9.17) is 16.3 Å². The molecule has 1 unspecified atom stereocenters. The van der Waals surface area contributed by atoms with Crippen LogP contribution in [0.4, 0.5) is 0 Å². The summed E-state index contributed by atoms with van der Waals surface area (Å²) in [5.74, 6) is 1.38. The van der Waals surface area contributed by atoms with E-state index in [0.717, 1.165) is 5.75 Å². The van der Waals surface area contributed by atoms with Crippen molar-refractivity contribution in [2.24, 2.45) is 0 Å². The van der Waals surface area contributed by atoms with Crippen LogP contribution in [0.5, 0.6) is 5.75 Å². The van der Waals surface area contributed by atoms with E-state index in [1.807, 2.05) is 0 Å². The zero-order valence-electron chi connectivity index (χ0n) is 13.1. The van der Waals surface area contributed by atoms with Crippen LogP contribution in [0.1, 0.15) is 36.5 Å². The molecule has 1 N–H and O–H groups in total. The van der Waals surface area contributed by atoms with Crippen LogP contribution in [0.2, 0.25) is 0 Å². The molecule has 0 aliphatic heterocycles. The molecule has 0 spiro atoms. The average Bonchev–Trinajstić information content (AvgIpc) is 2.43. The van der Waals surface area contributed by atoms with Crippen LogP contribution in [-0.4, -0.2) is 23.7 Å². The molecular weight excluding hydrogens is 284 g/mol. The van der Waals surface area contributed by atoms with Gasteiger partial charge in [-0.15, -0.1) is 11.6 Å². The molecule has 2 aromatic carbocycles. The van der Waals surface area contributed by atoms with E-state index in [1.165, 1.54) is 27.5 Å². The fraction of sp³-hybridized carbons (Fsp3) is 0.444. The second kappa shape index (κ2) is 6.67. The summed E-state index contributed by atoms with van der Waals surface area (Å²) in [6, 6.07) is 8.58. The van der Waals surface area contributed by atoms with E-state index < -0.39 is 6.10 Å². The van der Waals surface area contributed by atoms with Gasteiger partial charge in [-0.2, -0.15) is 0 Å². The van der Waals surface area contributed by atoms with Crippen molar-refractivity contribution in [3.8, 4) is 5.75 Å². The molecule has 0 radical (unpaired) electrons. The van der Waals surface area contributed by atoms with Crippen molar-refractivity contribution < 1.29 is 9.84 Å². The average molecular weight is 307 g/mol. The number of alkyl halides is 1. The van der Waals surface area contributed by atoms with Gasteiger partial charge in [0.15, 0.2) is 0 Å². The number of hydrogen-bond acceptors (Lipinski definition) is 2. The van der Waals surface area contributed by atoms with Gasteiger partial charge in [0.1, 0.15) is 18.5 Å². The summed E-state index contributed by atoms with van der Waals surface area (Å²) in [7, 11) is 0. The highest BCUT2D eigenvalue weighted by Gasteiger charge is 2.16. The van der Waals surface area contributed by atoms with Crippen LogP contribution >= 0.6 is 11.6 Å². The minimum Gasteiger partial charge on any atom is -0.491 e. The van der Waals surface area contributed by atoms with Crippen LogP contribution in [-0.2, 0) is 0 Å². The lowest BCUT2D eigenvalue weighted by Crippen LogP contribution is -2.19. The maximum atomic E-state index is 9.62. The first-order chi connectivity index (χ1) is 9.93. The molecule has 21 heavy (non-hydrogen) atoms. The van der Waals surface area contributed by atoms with Gasteiger partial charge >= 0.3 is 0 Å². The molecule has 0 aliphatic carbocycles. The predicted molar refractivity (Wildman–Crippen MR) is 89.7 cm³/mol. The lowest BCUT2D eigenvalue weighted by Gasteiger charge is -2.20. The molecule has 2 rings (SSSR count). The van der Waals surface area contributed by atoms with Crippen molar-refractivity contribution in [2.75, 3.05) is 12.5 Å². The Balaban J connectivity index is 2.56. The fourth-order valence-corrected chi connectivity index (χ4v) is 2.74. The minimum absolute atomic E-state index is 0.183. The van der Waals surface area contributed by atoms with Crippen molar-refractivity contribution in [1.29, 1.82) is 0 Å². The number of fused-ring (bicyclic) bond motifs is 1. The number of aliphatic hydroxyl groups is 1. The number of halogens is 1. The molecule has 0 heterocycles. The Kier molecular flexibility index (Phi) is 5.13. The molecular formula is C18H23ClO2. The minimum atomic E-state index is -0.639. The van der Waals surface area contributed by atoms with Gasteiger partial charge in [0, 0.05) is 5.56 Å². The molecule has 0 saturated carbocycles. The third-order valence-corrected chi connectivity index (χ3v) is 4.05. The summed E-state index contributed by atoms with van der Waals surface area (Å²) in [4.78, 5) is 0. The summed E-state index contributed by atoms with van der Waals surface area (Å²) < 4.78 is 5.85. The smallest absolute Gasteiger partial charge is 0.123 e. The van der Waals surface area contributed by atoms with Gasteiger partial charge in [-0.25, -0.2) is 0 Å². The second-order valence-corrected chi connectivity index (χ2v) is 6.24. The molecule has 0 saturated heterocycles. The second-order valence-electron chi connectivity index (χ2n) is 5.93. The molecule has 0 bridgehead atoms. The van der Waals surface area contributed by atoms with Crippen LogP contribution in [0.3, 0.4) is 0 Å². The van der Waals surface area contributed by atoms with Crippen LogP contribution in [0.15, 0.2) is 24.3 Å². The molecule has 0 aliphatic rings. The third kappa shape index (κ3) is 3.50. The van der Waals surface area contributed by atoms with Crippen LogP contribution < -0.4 is 4.74 Å². The molecule has 3 heteroatoms. The highest BCUT2D eigenvalue weighted by Crippen LogP contribution is 2.36. The molecule has 2 aromatic rings. The number of aryl methyl sites for hydroxylation is 2. The predicted octanol–water partition coefficient (Wildman–Crippen LogP) is 4.56. The zero-order valence-corrected chi connectivity index (χ0v) is 13.9. The van der Waals surface area contributed by atoms with Crippen molar-refractivity contribution in [1.82, 2.24) is 0 Å². The summed E-state index contributed by atoms with van der Waals surface area (Å²) in [5, 5.41) is 12.1.